The Morgan fingerprint density at radius 3 is 2.60 bits per heavy atom. The second kappa shape index (κ2) is 6.68. The van der Waals surface area contributed by atoms with Gasteiger partial charge in [0.05, 0.1) is 18.2 Å². The molecule has 1 saturated carbocycles. The molecule has 0 N–H and O–H groups in total. The quantitative estimate of drug-likeness (QED) is 0.749. The molecule has 3 rings (SSSR count). The largest absolute Gasteiger partial charge is 0.375 e. The van der Waals surface area contributed by atoms with Crippen molar-refractivity contribution < 1.29 is 4.74 Å². The zero-order chi connectivity index (χ0) is 13.8. The molecule has 1 spiro atoms. The van der Waals surface area contributed by atoms with Crippen molar-refractivity contribution in [3.05, 3.63) is 0 Å². The van der Waals surface area contributed by atoms with Crippen LogP contribution in [0.4, 0.5) is 0 Å². The molecule has 1 unspecified atom stereocenters. The molecule has 2 saturated heterocycles. The van der Waals surface area contributed by atoms with Gasteiger partial charge in [-0.15, -0.1) is 0 Å². The molecule has 2 aliphatic heterocycles. The third kappa shape index (κ3) is 3.16. The summed E-state index contributed by atoms with van der Waals surface area (Å²) in [4.78, 5) is 2.53. The topological polar surface area (TPSA) is 36.3 Å². The summed E-state index contributed by atoms with van der Waals surface area (Å²) < 4.78 is 6.20. The second-order valence-corrected chi connectivity index (χ2v) is 7.78. The van der Waals surface area contributed by atoms with E-state index in [1.54, 1.807) is 0 Å². The molecule has 0 aromatic heterocycles. The highest BCUT2D eigenvalue weighted by Crippen LogP contribution is 2.40. The Morgan fingerprint density at radius 2 is 1.90 bits per heavy atom. The summed E-state index contributed by atoms with van der Waals surface area (Å²) in [7, 11) is 0. The van der Waals surface area contributed by atoms with E-state index in [1.807, 2.05) is 0 Å². The Kier molecular flexibility index (Phi) is 4.91. The lowest BCUT2D eigenvalue weighted by molar-refractivity contribution is -0.113. The predicted octanol–water partition coefficient (Wildman–Crippen LogP) is 3.20. The maximum atomic E-state index is 9.20. The van der Waals surface area contributed by atoms with Crippen LogP contribution in [0.3, 0.4) is 0 Å². The molecule has 0 bridgehead atoms. The van der Waals surface area contributed by atoms with Gasteiger partial charge in [-0.2, -0.15) is 17.0 Å². The third-order valence-electron chi connectivity index (χ3n) is 5.39. The van der Waals surface area contributed by atoms with E-state index < -0.39 is 0 Å². The Hall–Kier alpha value is -0.240. The van der Waals surface area contributed by atoms with E-state index in [2.05, 4.69) is 22.7 Å². The number of hydrogen-bond donors (Lipinski definition) is 0. The first-order chi connectivity index (χ1) is 9.83. The van der Waals surface area contributed by atoms with Gasteiger partial charge in [-0.1, -0.05) is 12.8 Å². The fourth-order valence-electron chi connectivity index (χ4n) is 4.25. The monoisotopic (exact) mass is 294 g/mol. The predicted molar refractivity (Wildman–Crippen MR) is 82.8 cm³/mol. The van der Waals surface area contributed by atoms with Crippen LogP contribution in [0.25, 0.3) is 0 Å². The van der Waals surface area contributed by atoms with Crippen LogP contribution in [0.15, 0.2) is 0 Å². The van der Waals surface area contributed by atoms with Crippen LogP contribution >= 0.6 is 11.8 Å². The van der Waals surface area contributed by atoms with E-state index in [1.165, 1.54) is 50.0 Å². The maximum absolute atomic E-state index is 9.20. The van der Waals surface area contributed by atoms with Gasteiger partial charge in [-0.05, 0) is 50.0 Å². The van der Waals surface area contributed by atoms with Crippen LogP contribution in [0.1, 0.15) is 51.4 Å². The SMILES string of the molecule is N#CCN(C1CCCC1)C1CCOC2(CCSCC2)C1. The van der Waals surface area contributed by atoms with Gasteiger partial charge in [-0.3, -0.25) is 4.90 Å². The minimum Gasteiger partial charge on any atom is -0.375 e. The van der Waals surface area contributed by atoms with Crippen molar-refractivity contribution in [2.45, 2.75) is 69.1 Å². The molecule has 0 aromatic carbocycles. The Bertz CT molecular complexity index is 350. The standard InChI is InChI=1S/C16H26N2OS/c17-8-9-18(14-3-1-2-4-14)15-5-10-19-16(13-15)6-11-20-12-7-16/h14-15H,1-7,9-13H2. The fourth-order valence-corrected chi connectivity index (χ4v) is 5.49. The fraction of sp³-hybridized carbons (Fsp3) is 0.938. The summed E-state index contributed by atoms with van der Waals surface area (Å²) in [6.07, 6.45) is 9.97. The minimum absolute atomic E-state index is 0.139. The smallest absolute Gasteiger partial charge is 0.0870 e. The molecule has 3 fully saturated rings. The van der Waals surface area contributed by atoms with E-state index in [9.17, 15) is 5.26 Å². The number of rotatable bonds is 3. The van der Waals surface area contributed by atoms with Gasteiger partial charge >= 0.3 is 0 Å². The minimum atomic E-state index is 0.139. The third-order valence-corrected chi connectivity index (χ3v) is 6.37. The highest BCUT2D eigenvalue weighted by atomic mass is 32.2. The lowest BCUT2D eigenvalue weighted by Crippen LogP contribution is -2.52. The van der Waals surface area contributed by atoms with E-state index in [0.29, 0.717) is 18.6 Å². The van der Waals surface area contributed by atoms with E-state index in [-0.39, 0.29) is 5.60 Å². The van der Waals surface area contributed by atoms with Crippen LogP contribution in [-0.4, -0.2) is 47.2 Å². The van der Waals surface area contributed by atoms with Gasteiger partial charge in [0.25, 0.3) is 0 Å². The first kappa shape index (κ1) is 14.7. The van der Waals surface area contributed by atoms with Crippen molar-refractivity contribution in [3.8, 4) is 6.07 Å². The second-order valence-electron chi connectivity index (χ2n) is 6.56. The zero-order valence-corrected chi connectivity index (χ0v) is 13.2. The number of ether oxygens (including phenoxy) is 1. The molecule has 2 heterocycles. The molecule has 112 valence electrons. The molecule has 20 heavy (non-hydrogen) atoms. The van der Waals surface area contributed by atoms with Gasteiger partial charge in [0, 0.05) is 18.7 Å². The van der Waals surface area contributed by atoms with Gasteiger partial charge in [-0.25, -0.2) is 0 Å². The Balaban J connectivity index is 1.68. The van der Waals surface area contributed by atoms with Crippen LogP contribution in [0.5, 0.6) is 0 Å². The molecular formula is C16H26N2OS. The van der Waals surface area contributed by atoms with Crippen LogP contribution < -0.4 is 0 Å². The number of hydrogen-bond acceptors (Lipinski definition) is 4. The van der Waals surface area contributed by atoms with E-state index in [0.717, 1.165) is 19.4 Å². The lowest BCUT2D eigenvalue weighted by Gasteiger charge is -2.47. The van der Waals surface area contributed by atoms with Crippen molar-refractivity contribution in [2.24, 2.45) is 0 Å². The molecule has 4 heteroatoms. The summed E-state index contributed by atoms with van der Waals surface area (Å²) in [5.41, 5.74) is 0.139. The average molecular weight is 294 g/mol. The highest BCUT2D eigenvalue weighted by Gasteiger charge is 2.41. The Labute approximate surface area is 127 Å². The van der Waals surface area contributed by atoms with Gasteiger partial charge in [0.15, 0.2) is 0 Å². The lowest BCUT2D eigenvalue weighted by atomic mass is 9.84. The molecule has 1 atom stereocenters. The van der Waals surface area contributed by atoms with Crippen molar-refractivity contribution in [3.63, 3.8) is 0 Å². The number of nitriles is 1. The highest BCUT2D eigenvalue weighted by molar-refractivity contribution is 7.99. The summed E-state index contributed by atoms with van der Waals surface area (Å²) in [6.45, 7) is 1.50. The van der Waals surface area contributed by atoms with Gasteiger partial charge in [0.1, 0.15) is 0 Å². The summed E-state index contributed by atoms with van der Waals surface area (Å²) >= 11 is 2.06. The van der Waals surface area contributed by atoms with Crippen molar-refractivity contribution in [2.75, 3.05) is 24.7 Å². The average Bonchev–Trinajstić information content (AvgIpc) is 2.99. The van der Waals surface area contributed by atoms with Crippen molar-refractivity contribution >= 4 is 11.8 Å². The molecular weight excluding hydrogens is 268 g/mol. The number of thioether (sulfide) groups is 1. The van der Waals surface area contributed by atoms with Crippen LogP contribution in [-0.2, 0) is 4.74 Å². The first-order valence-corrected chi connectivity index (χ1v) is 9.33. The van der Waals surface area contributed by atoms with E-state index in [4.69, 9.17) is 4.74 Å². The molecule has 3 aliphatic rings. The number of nitrogens with zero attached hydrogens (tertiary/aromatic N) is 2. The molecule has 0 aromatic rings. The van der Waals surface area contributed by atoms with Crippen LogP contribution in [0.2, 0.25) is 0 Å². The molecule has 3 nitrogen and oxygen atoms in total. The van der Waals surface area contributed by atoms with Gasteiger partial charge < -0.3 is 4.74 Å². The zero-order valence-electron chi connectivity index (χ0n) is 12.4. The first-order valence-electron chi connectivity index (χ1n) is 8.17. The summed E-state index contributed by atoms with van der Waals surface area (Å²) in [5, 5.41) is 9.20. The molecule has 0 amide bonds. The van der Waals surface area contributed by atoms with E-state index >= 15 is 0 Å². The molecule has 0 radical (unpaired) electrons. The molecule has 1 aliphatic carbocycles. The summed E-state index contributed by atoms with van der Waals surface area (Å²) in [6, 6.07) is 3.65. The van der Waals surface area contributed by atoms with Crippen molar-refractivity contribution in [1.82, 2.24) is 4.90 Å². The van der Waals surface area contributed by atoms with Crippen molar-refractivity contribution in [1.29, 1.82) is 5.26 Å². The normalized spacial score (nSPS) is 30.7. The van der Waals surface area contributed by atoms with Gasteiger partial charge in [0.2, 0.25) is 0 Å². The maximum Gasteiger partial charge on any atom is 0.0870 e. The summed E-state index contributed by atoms with van der Waals surface area (Å²) in [5.74, 6) is 2.49. The Morgan fingerprint density at radius 1 is 1.15 bits per heavy atom. The van der Waals surface area contributed by atoms with Crippen LogP contribution in [0, 0.1) is 11.3 Å².